The third kappa shape index (κ3) is 8.42. The van der Waals surface area contributed by atoms with Crippen molar-refractivity contribution >= 4 is 23.0 Å². The molecule has 3 nitrogen and oxygen atoms in total. The molecule has 0 saturated heterocycles. The van der Waals surface area contributed by atoms with E-state index in [4.69, 9.17) is 4.55 Å². The van der Waals surface area contributed by atoms with Gasteiger partial charge in [-0.2, -0.15) is 11.8 Å². The summed E-state index contributed by atoms with van der Waals surface area (Å²) >= 11 is -0.0471. The van der Waals surface area contributed by atoms with Crippen LogP contribution in [0.5, 0.6) is 0 Å². The van der Waals surface area contributed by atoms with Crippen LogP contribution in [0.2, 0.25) is 0 Å². The highest BCUT2D eigenvalue weighted by Crippen LogP contribution is 1.99. The Hall–Kier alpha value is 0.420. The summed E-state index contributed by atoms with van der Waals surface area (Å²) in [5, 5.41) is 0. The van der Waals surface area contributed by atoms with Crippen molar-refractivity contribution in [2.75, 3.05) is 18.1 Å². The first kappa shape index (κ1) is 10.4. The lowest BCUT2D eigenvalue weighted by Gasteiger charge is -1.97. The molecule has 0 radical (unpaired) electrons. The molecule has 0 fully saturated rings. The zero-order valence-electron chi connectivity index (χ0n) is 6.00. The standard InChI is InChI=1S/C5H13NO2S2/c1-2-4-9-5-3-6-10(7)8/h6H,2-5H2,1H3,(H,7,8). The molecule has 62 valence electrons. The lowest BCUT2D eigenvalue weighted by atomic mass is 10.6. The Morgan fingerprint density at radius 2 is 2.30 bits per heavy atom. The fraction of sp³-hybridized carbons (Fsp3) is 1.00. The summed E-state index contributed by atoms with van der Waals surface area (Å²) in [5.41, 5.74) is 0. The lowest BCUT2D eigenvalue weighted by Crippen LogP contribution is -2.19. The molecule has 0 heterocycles. The number of hydrogen-bond donors (Lipinski definition) is 2. The fourth-order valence-corrected chi connectivity index (χ4v) is 1.59. The van der Waals surface area contributed by atoms with Crippen LogP contribution in [0.25, 0.3) is 0 Å². The average Bonchev–Trinajstić information content (AvgIpc) is 1.87. The molecular formula is C5H13NO2S2. The van der Waals surface area contributed by atoms with Crippen LogP contribution in [0, 0.1) is 0 Å². The van der Waals surface area contributed by atoms with Crippen molar-refractivity contribution in [2.24, 2.45) is 0 Å². The summed E-state index contributed by atoms with van der Waals surface area (Å²) in [4.78, 5) is 0. The van der Waals surface area contributed by atoms with Crippen LogP contribution >= 0.6 is 11.8 Å². The summed E-state index contributed by atoms with van der Waals surface area (Å²) < 4.78 is 20.7. The molecule has 0 spiro atoms. The minimum absolute atomic E-state index is 0.605. The van der Waals surface area contributed by atoms with E-state index in [-0.39, 0.29) is 0 Å². The van der Waals surface area contributed by atoms with Gasteiger partial charge in [0, 0.05) is 12.3 Å². The minimum Gasteiger partial charge on any atom is -0.294 e. The Bertz CT molecular complexity index is 99.6. The summed E-state index contributed by atoms with van der Waals surface area (Å²) in [6.07, 6.45) is 1.16. The monoisotopic (exact) mass is 183 g/mol. The molecule has 0 aliphatic rings. The third-order valence-electron chi connectivity index (χ3n) is 0.820. The van der Waals surface area contributed by atoms with E-state index in [1.165, 1.54) is 0 Å². The Balaban J connectivity index is 2.84. The van der Waals surface area contributed by atoms with Crippen LogP contribution in [0.4, 0.5) is 0 Å². The number of hydrogen-bond acceptors (Lipinski definition) is 2. The Morgan fingerprint density at radius 1 is 1.60 bits per heavy atom. The maximum absolute atomic E-state index is 10.0. The zero-order valence-corrected chi connectivity index (χ0v) is 7.63. The second-order valence-corrected chi connectivity index (χ2v) is 3.77. The molecular weight excluding hydrogens is 170 g/mol. The SMILES string of the molecule is CCCSCCNS(=O)O. The molecule has 2 N–H and O–H groups in total. The van der Waals surface area contributed by atoms with Crippen LogP contribution in [0.15, 0.2) is 0 Å². The van der Waals surface area contributed by atoms with E-state index >= 15 is 0 Å². The molecule has 0 amide bonds. The van der Waals surface area contributed by atoms with E-state index < -0.39 is 11.3 Å². The van der Waals surface area contributed by atoms with Gasteiger partial charge in [0.2, 0.25) is 11.3 Å². The van der Waals surface area contributed by atoms with Crippen molar-refractivity contribution in [2.45, 2.75) is 13.3 Å². The van der Waals surface area contributed by atoms with E-state index in [0.717, 1.165) is 17.9 Å². The van der Waals surface area contributed by atoms with Crippen molar-refractivity contribution < 1.29 is 8.76 Å². The molecule has 1 unspecified atom stereocenters. The van der Waals surface area contributed by atoms with Gasteiger partial charge in [-0.1, -0.05) is 6.92 Å². The zero-order chi connectivity index (χ0) is 7.82. The normalized spacial score (nSPS) is 13.4. The number of thioether (sulfide) groups is 1. The first-order chi connectivity index (χ1) is 4.77. The van der Waals surface area contributed by atoms with Crippen LogP contribution < -0.4 is 4.72 Å². The molecule has 0 aliphatic carbocycles. The molecule has 0 rings (SSSR count). The van der Waals surface area contributed by atoms with Gasteiger partial charge in [-0.25, -0.2) is 8.93 Å². The van der Waals surface area contributed by atoms with Gasteiger partial charge in [-0.05, 0) is 12.2 Å². The Morgan fingerprint density at radius 3 is 2.80 bits per heavy atom. The van der Waals surface area contributed by atoms with Crippen molar-refractivity contribution in [1.82, 2.24) is 4.72 Å². The summed E-state index contributed by atoms with van der Waals surface area (Å²) in [5.74, 6) is 2.03. The van der Waals surface area contributed by atoms with E-state index in [9.17, 15) is 4.21 Å². The number of rotatable bonds is 6. The highest BCUT2D eigenvalue weighted by molar-refractivity contribution is 7.99. The van der Waals surface area contributed by atoms with Crippen molar-refractivity contribution in [3.63, 3.8) is 0 Å². The summed E-state index contributed by atoms with van der Waals surface area (Å²) in [6.45, 7) is 2.72. The molecule has 0 saturated carbocycles. The quantitative estimate of drug-likeness (QED) is 0.474. The highest BCUT2D eigenvalue weighted by Gasteiger charge is 1.90. The van der Waals surface area contributed by atoms with Crippen LogP contribution in [0.1, 0.15) is 13.3 Å². The van der Waals surface area contributed by atoms with Crippen molar-refractivity contribution in [3.05, 3.63) is 0 Å². The van der Waals surface area contributed by atoms with Crippen LogP contribution in [-0.4, -0.2) is 26.8 Å². The second kappa shape index (κ2) is 7.53. The molecule has 0 aliphatic heterocycles. The first-order valence-corrected chi connectivity index (χ1v) is 5.45. The first-order valence-electron chi connectivity index (χ1n) is 3.19. The van der Waals surface area contributed by atoms with E-state index in [0.29, 0.717) is 6.54 Å². The second-order valence-electron chi connectivity index (χ2n) is 1.76. The van der Waals surface area contributed by atoms with Gasteiger partial charge in [-0.3, -0.25) is 4.55 Å². The molecule has 0 aromatic heterocycles. The van der Waals surface area contributed by atoms with Crippen molar-refractivity contribution in [1.29, 1.82) is 0 Å². The fourth-order valence-electron chi connectivity index (χ4n) is 0.448. The molecule has 1 atom stereocenters. The predicted molar refractivity (Wildman–Crippen MR) is 46.4 cm³/mol. The maximum Gasteiger partial charge on any atom is 0.231 e. The maximum atomic E-state index is 10.0. The van der Waals surface area contributed by atoms with E-state index in [2.05, 4.69) is 11.6 Å². The number of nitrogens with one attached hydrogen (secondary N) is 1. The van der Waals surface area contributed by atoms with Gasteiger partial charge in [0.1, 0.15) is 0 Å². The Kier molecular flexibility index (Phi) is 7.84. The van der Waals surface area contributed by atoms with Gasteiger partial charge < -0.3 is 0 Å². The smallest absolute Gasteiger partial charge is 0.231 e. The molecule has 5 heteroatoms. The van der Waals surface area contributed by atoms with Crippen molar-refractivity contribution in [3.8, 4) is 0 Å². The van der Waals surface area contributed by atoms with Gasteiger partial charge >= 0.3 is 0 Å². The largest absolute Gasteiger partial charge is 0.294 e. The molecule has 0 bridgehead atoms. The van der Waals surface area contributed by atoms with Gasteiger partial charge in [0.05, 0.1) is 0 Å². The van der Waals surface area contributed by atoms with Gasteiger partial charge in [-0.15, -0.1) is 0 Å². The van der Waals surface area contributed by atoms with Gasteiger partial charge in [0.25, 0.3) is 0 Å². The third-order valence-corrected chi connectivity index (χ3v) is 2.46. The topological polar surface area (TPSA) is 49.3 Å². The Labute approximate surface area is 68.4 Å². The minimum atomic E-state index is -1.83. The van der Waals surface area contributed by atoms with E-state index in [1.807, 2.05) is 0 Å². The molecule has 0 aromatic rings. The summed E-state index contributed by atoms with van der Waals surface area (Å²) in [6, 6.07) is 0. The van der Waals surface area contributed by atoms with E-state index in [1.54, 1.807) is 11.8 Å². The van der Waals surface area contributed by atoms with Gasteiger partial charge in [0.15, 0.2) is 0 Å². The summed E-state index contributed by atoms with van der Waals surface area (Å²) in [7, 11) is 0. The molecule has 10 heavy (non-hydrogen) atoms. The van der Waals surface area contributed by atoms with Crippen LogP contribution in [0.3, 0.4) is 0 Å². The van der Waals surface area contributed by atoms with Crippen LogP contribution in [-0.2, 0) is 11.3 Å². The molecule has 0 aromatic carbocycles. The average molecular weight is 183 g/mol. The lowest BCUT2D eigenvalue weighted by molar-refractivity contribution is 0.551. The highest BCUT2D eigenvalue weighted by atomic mass is 32.2. The predicted octanol–water partition coefficient (Wildman–Crippen LogP) is 0.856.